The van der Waals surface area contributed by atoms with E-state index in [-0.39, 0.29) is 5.91 Å². The molecule has 0 bridgehead atoms. The maximum absolute atomic E-state index is 12.7. The highest BCUT2D eigenvalue weighted by molar-refractivity contribution is 7.14. The highest BCUT2D eigenvalue weighted by Gasteiger charge is 2.15. The number of anilines is 1. The maximum atomic E-state index is 12.7. The van der Waals surface area contributed by atoms with Crippen LogP contribution in [0, 0.1) is 0 Å². The molecule has 1 amide bonds. The van der Waals surface area contributed by atoms with E-state index in [1.165, 1.54) is 11.3 Å². The Morgan fingerprint density at radius 3 is 2.47 bits per heavy atom. The van der Waals surface area contributed by atoms with E-state index in [2.05, 4.69) is 10.3 Å². The molecule has 1 N–H and O–H groups in total. The molecule has 2 aromatic carbocycles. The number of aromatic nitrogens is 1. The van der Waals surface area contributed by atoms with Gasteiger partial charge in [-0.2, -0.15) is 0 Å². The predicted molar refractivity (Wildman–Crippen MR) is 117 cm³/mol. The second-order valence-electron chi connectivity index (χ2n) is 6.27. The molecule has 1 aromatic heterocycles. The minimum atomic E-state index is -0.283. The Hall–Kier alpha value is -3.26. The monoisotopic (exact) mass is 428 g/mol. The van der Waals surface area contributed by atoms with Gasteiger partial charge in [0.25, 0.3) is 5.91 Å². The number of hydrogen-bond donors (Lipinski definition) is 1. The van der Waals surface area contributed by atoms with Gasteiger partial charge in [-0.05, 0) is 42.8 Å². The Labute approximate surface area is 179 Å². The van der Waals surface area contributed by atoms with Gasteiger partial charge in [0.2, 0.25) is 0 Å². The summed E-state index contributed by atoms with van der Waals surface area (Å²) in [6.45, 7) is 2.61. The second-order valence-corrected chi connectivity index (χ2v) is 7.13. The maximum Gasteiger partial charge on any atom is 0.257 e. The molecule has 8 heteroatoms. The van der Waals surface area contributed by atoms with Crippen LogP contribution in [0.15, 0.2) is 41.8 Å². The summed E-state index contributed by atoms with van der Waals surface area (Å²) in [7, 11) is 4.75. The molecule has 30 heavy (non-hydrogen) atoms. The number of hydrogen-bond acceptors (Lipinski definition) is 7. The van der Waals surface area contributed by atoms with Gasteiger partial charge in [0.15, 0.2) is 16.6 Å². The molecule has 158 valence electrons. The quantitative estimate of drug-likeness (QED) is 0.523. The third-order valence-electron chi connectivity index (χ3n) is 4.29. The van der Waals surface area contributed by atoms with Crippen LogP contribution in [-0.4, -0.2) is 38.8 Å². The van der Waals surface area contributed by atoms with Crippen molar-refractivity contribution >= 4 is 22.4 Å². The lowest BCUT2D eigenvalue weighted by Crippen LogP contribution is -2.12. The fraction of sp³-hybridized carbons (Fsp3) is 0.273. The average Bonchev–Trinajstić information content (AvgIpc) is 3.25. The molecule has 0 atom stereocenters. The van der Waals surface area contributed by atoms with Crippen LogP contribution in [-0.2, 0) is 0 Å². The second kappa shape index (κ2) is 9.98. The number of carbonyl (C=O) groups is 1. The molecule has 0 aliphatic rings. The first-order valence-corrected chi connectivity index (χ1v) is 10.3. The molecule has 0 aliphatic heterocycles. The van der Waals surface area contributed by atoms with Crippen molar-refractivity contribution in [2.24, 2.45) is 0 Å². The first-order chi connectivity index (χ1) is 14.6. The summed E-state index contributed by atoms with van der Waals surface area (Å²) in [6, 6.07) is 10.6. The molecule has 1 heterocycles. The fourth-order valence-electron chi connectivity index (χ4n) is 2.78. The van der Waals surface area contributed by atoms with E-state index in [1.807, 2.05) is 30.5 Å². The number of nitrogens with zero attached hydrogens (tertiary/aromatic N) is 1. The molecular formula is C22H24N2O5S. The highest BCUT2D eigenvalue weighted by atomic mass is 32.1. The van der Waals surface area contributed by atoms with Crippen LogP contribution >= 0.6 is 11.3 Å². The van der Waals surface area contributed by atoms with Gasteiger partial charge in [-0.15, -0.1) is 11.3 Å². The largest absolute Gasteiger partial charge is 0.497 e. The van der Waals surface area contributed by atoms with Crippen LogP contribution in [0.25, 0.3) is 11.3 Å². The van der Waals surface area contributed by atoms with Crippen molar-refractivity contribution in [2.75, 3.05) is 33.3 Å². The van der Waals surface area contributed by atoms with Crippen molar-refractivity contribution in [2.45, 2.75) is 13.3 Å². The summed E-state index contributed by atoms with van der Waals surface area (Å²) >= 11 is 1.33. The summed E-state index contributed by atoms with van der Waals surface area (Å²) in [5.41, 5.74) is 1.92. The van der Waals surface area contributed by atoms with E-state index in [4.69, 9.17) is 18.9 Å². The minimum Gasteiger partial charge on any atom is -0.497 e. The van der Waals surface area contributed by atoms with E-state index in [1.54, 1.807) is 39.5 Å². The van der Waals surface area contributed by atoms with Gasteiger partial charge < -0.3 is 18.9 Å². The smallest absolute Gasteiger partial charge is 0.257 e. The van der Waals surface area contributed by atoms with Crippen LogP contribution in [0.5, 0.6) is 23.0 Å². The minimum absolute atomic E-state index is 0.283. The van der Waals surface area contributed by atoms with E-state index < -0.39 is 0 Å². The SMILES string of the molecule is CCCOc1ccc(C(=O)Nc2nc(-c3cc(OC)ccc3OC)cs2)cc1OC. The molecule has 0 aliphatic carbocycles. The van der Waals surface area contributed by atoms with Crippen molar-refractivity contribution in [1.29, 1.82) is 0 Å². The molecule has 0 fully saturated rings. The average molecular weight is 429 g/mol. The van der Waals surface area contributed by atoms with Gasteiger partial charge in [-0.3, -0.25) is 10.1 Å². The number of benzene rings is 2. The van der Waals surface area contributed by atoms with Gasteiger partial charge in [-0.25, -0.2) is 4.98 Å². The lowest BCUT2D eigenvalue weighted by molar-refractivity contribution is 0.102. The Kier molecular flexibility index (Phi) is 7.13. The topological polar surface area (TPSA) is 78.9 Å². The van der Waals surface area contributed by atoms with E-state index >= 15 is 0 Å². The van der Waals surface area contributed by atoms with Gasteiger partial charge in [0.1, 0.15) is 11.5 Å². The first kappa shape index (κ1) is 21.4. The zero-order valence-corrected chi connectivity index (χ0v) is 18.2. The first-order valence-electron chi connectivity index (χ1n) is 9.39. The van der Waals surface area contributed by atoms with Crippen molar-refractivity contribution in [1.82, 2.24) is 4.98 Å². The molecular weight excluding hydrogens is 404 g/mol. The molecule has 0 radical (unpaired) electrons. The number of nitrogens with one attached hydrogen (secondary N) is 1. The van der Waals surface area contributed by atoms with Crippen molar-refractivity contribution in [3.63, 3.8) is 0 Å². The summed E-state index contributed by atoms with van der Waals surface area (Å²) in [6.07, 6.45) is 0.885. The van der Waals surface area contributed by atoms with Crippen molar-refractivity contribution in [3.05, 3.63) is 47.3 Å². The summed E-state index contributed by atoms with van der Waals surface area (Å²) in [5, 5.41) is 5.16. The van der Waals surface area contributed by atoms with Crippen LogP contribution in [0.1, 0.15) is 23.7 Å². The standard InChI is InChI=1S/C22H24N2O5S/c1-5-10-29-19-8-6-14(11-20(19)28-4)21(25)24-22-23-17(13-30-22)16-12-15(26-2)7-9-18(16)27-3/h6-9,11-13H,5,10H2,1-4H3,(H,23,24,25). The van der Waals surface area contributed by atoms with Gasteiger partial charge in [-0.1, -0.05) is 6.92 Å². The number of amides is 1. The zero-order chi connectivity index (χ0) is 21.5. The fourth-order valence-corrected chi connectivity index (χ4v) is 3.48. The Balaban J connectivity index is 1.79. The molecule has 3 aromatic rings. The summed E-state index contributed by atoms with van der Waals surface area (Å²) in [5.74, 6) is 2.21. The molecule has 0 unspecified atom stereocenters. The number of ether oxygens (including phenoxy) is 4. The van der Waals surface area contributed by atoms with Crippen LogP contribution in [0.4, 0.5) is 5.13 Å². The molecule has 0 saturated heterocycles. The predicted octanol–water partition coefficient (Wildman–Crippen LogP) is 4.88. The van der Waals surface area contributed by atoms with Crippen molar-refractivity contribution in [3.8, 4) is 34.3 Å². The number of carbonyl (C=O) groups excluding carboxylic acids is 1. The van der Waals surface area contributed by atoms with Gasteiger partial charge in [0, 0.05) is 16.5 Å². The molecule has 0 saturated carbocycles. The lowest BCUT2D eigenvalue weighted by atomic mass is 10.1. The normalized spacial score (nSPS) is 10.4. The number of thiazole rings is 1. The van der Waals surface area contributed by atoms with E-state index in [9.17, 15) is 4.79 Å². The lowest BCUT2D eigenvalue weighted by Gasteiger charge is -2.11. The summed E-state index contributed by atoms with van der Waals surface area (Å²) in [4.78, 5) is 17.2. The highest BCUT2D eigenvalue weighted by Crippen LogP contribution is 2.35. The van der Waals surface area contributed by atoms with Gasteiger partial charge >= 0.3 is 0 Å². The van der Waals surface area contributed by atoms with E-state index in [0.717, 1.165) is 12.0 Å². The Morgan fingerprint density at radius 1 is 1.00 bits per heavy atom. The molecule has 7 nitrogen and oxygen atoms in total. The van der Waals surface area contributed by atoms with Gasteiger partial charge in [0.05, 0.1) is 33.6 Å². The van der Waals surface area contributed by atoms with Crippen LogP contribution in [0.2, 0.25) is 0 Å². The Morgan fingerprint density at radius 2 is 1.77 bits per heavy atom. The third-order valence-corrected chi connectivity index (χ3v) is 5.05. The van der Waals surface area contributed by atoms with Crippen LogP contribution in [0.3, 0.4) is 0 Å². The molecule has 3 rings (SSSR count). The van der Waals surface area contributed by atoms with E-state index in [0.29, 0.717) is 46.0 Å². The Bertz CT molecular complexity index is 1020. The number of rotatable bonds is 9. The number of methoxy groups -OCH3 is 3. The zero-order valence-electron chi connectivity index (χ0n) is 17.4. The molecule has 0 spiro atoms. The third kappa shape index (κ3) is 4.83. The summed E-state index contributed by atoms with van der Waals surface area (Å²) < 4.78 is 21.7. The van der Waals surface area contributed by atoms with Crippen molar-refractivity contribution < 1.29 is 23.7 Å². The van der Waals surface area contributed by atoms with Crippen LogP contribution < -0.4 is 24.3 Å².